The molecular formula is C23H28N4O5S. The fourth-order valence-corrected chi connectivity index (χ4v) is 5.88. The van der Waals surface area contributed by atoms with Gasteiger partial charge < -0.3 is 10.2 Å². The van der Waals surface area contributed by atoms with Gasteiger partial charge in [0.25, 0.3) is 5.56 Å². The number of aliphatic hydroxyl groups is 2. The summed E-state index contributed by atoms with van der Waals surface area (Å²) in [5.41, 5.74) is 1.33. The van der Waals surface area contributed by atoms with Crippen molar-refractivity contribution in [2.45, 2.75) is 49.1 Å². The second kappa shape index (κ2) is 10.0. The van der Waals surface area contributed by atoms with E-state index in [1.54, 1.807) is 6.20 Å². The predicted molar refractivity (Wildman–Crippen MR) is 123 cm³/mol. The van der Waals surface area contributed by atoms with Crippen molar-refractivity contribution >= 4 is 10.0 Å². The van der Waals surface area contributed by atoms with Crippen molar-refractivity contribution < 1.29 is 18.6 Å². The molecule has 0 amide bonds. The molecule has 0 spiro atoms. The summed E-state index contributed by atoms with van der Waals surface area (Å²) in [5.74, 6) is 0.279. The lowest BCUT2D eigenvalue weighted by molar-refractivity contribution is 0.0715. The Kier molecular flexibility index (Phi) is 7.08. The molecule has 4 rings (SSSR count). The van der Waals surface area contributed by atoms with Crippen LogP contribution in [0.15, 0.2) is 64.5 Å². The highest BCUT2D eigenvalue weighted by molar-refractivity contribution is 7.89. The van der Waals surface area contributed by atoms with Gasteiger partial charge in [0.1, 0.15) is 4.90 Å². The van der Waals surface area contributed by atoms with Crippen LogP contribution in [0.25, 0.3) is 5.82 Å². The molecule has 1 atom stereocenters. The molecule has 0 radical (unpaired) electrons. The Morgan fingerprint density at radius 3 is 2.52 bits per heavy atom. The van der Waals surface area contributed by atoms with Gasteiger partial charge in [-0.25, -0.2) is 18.1 Å². The molecule has 0 unspecified atom stereocenters. The highest BCUT2D eigenvalue weighted by Gasteiger charge is 2.34. The average Bonchev–Trinajstić information content (AvgIpc) is 3.48. The smallest absolute Gasteiger partial charge is 0.276 e. The Hall–Kier alpha value is -2.79. The fraction of sp³-hybridized carbons (Fsp3) is 0.391. The highest BCUT2D eigenvalue weighted by Crippen LogP contribution is 2.29. The number of hydrogen-bond acceptors (Lipinski definition) is 6. The van der Waals surface area contributed by atoms with Crippen LogP contribution < -0.4 is 5.56 Å². The molecule has 3 N–H and O–H groups in total. The lowest BCUT2D eigenvalue weighted by Crippen LogP contribution is -2.44. The molecule has 0 saturated heterocycles. The molecule has 2 aromatic heterocycles. The highest BCUT2D eigenvalue weighted by atomic mass is 32.2. The molecule has 176 valence electrons. The maximum atomic E-state index is 13.3. The van der Waals surface area contributed by atoms with E-state index in [1.807, 2.05) is 30.3 Å². The van der Waals surface area contributed by atoms with Crippen LogP contribution in [0.5, 0.6) is 0 Å². The van der Waals surface area contributed by atoms with Crippen LogP contribution in [0.4, 0.5) is 0 Å². The monoisotopic (exact) mass is 472 g/mol. The number of rotatable bonds is 9. The summed E-state index contributed by atoms with van der Waals surface area (Å²) < 4.78 is 29.2. The molecule has 33 heavy (non-hydrogen) atoms. The van der Waals surface area contributed by atoms with Crippen molar-refractivity contribution in [3.8, 4) is 5.82 Å². The van der Waals surface area contributed by atoms with E-state index in [0.717, 1.165) is 18.4 Å². The predicted octanol–water partition coefficient (Wildman–Crippen LogP) is 1.44. The molecular weight excluding hydrogens is 444 g/mol. The van der Waals surface area contributed by atoms with Crippen LogP contribution >= 0.6 is 0 Å². The number of aromatic nitrogens is 3. The molecule has 0 bridgehead atoms. The molecule has 2 heterocycles. The first kappa shape index (κ1) is 23.4. The summed E-state index contributed by atoms with van der Waals surface area (Å²) in [4.78, 5) is 17.0. The summed E-state index contributed by atoms with van der Waals surface area (Å²) in [7, 11) is -3.93. The van der Waals surface area contributed by atoms with Crippen molar-refractivity contribution in [3.05, 3.63) is 76.3 Å². The maximum absolute atomic E-state index is 13.3. The summed E-state index contributed by atoms with van der Waals surface area (Å²) in [5, 5.41) is 22.0. The second-order valence-corrected chi connectivity index (χ2v) is 10.2. The van der Waals surface area contributed by atoms with E-state index in [2.05, 4.69) is 10.1 Å². The van der Waals surface area contributed by atoms with Crippen LogP contribution in [0.3, 0.4) is 0 Å². The van der Waals surface area contributed by atoms with E-state index in [1.165, 1.54) is 27.3 Å². The zero-order chi connectivity index (χ0) is 23.4. The van der Waals surface area contributed by atoms with Crippen LogP contribution in [0.1, 0.15) is 36.8 Å². The third kappa shape index (κ3) is 5.09. The first-order chi connectivity index (χ1) is 15.9. The number of aliphatic hydroxyl groups excluding tert-OH is 2. The first-order valence-electron chi connectivity index (χ1n) is 11.0. The number of sulfonamides is 1. The van der Waals surface area contributed by atoms with Gasteiger partial charge in [-0.15, -0.1) is 0 Å². The van der Waals surface area contributed by atoms with Crippen molar-refractivity contribution in [3.63, 3.8) is 0 Å². The molecule has 1 saturated carbocycles. The molecule has 1 aromatic carbocycles. The largest absolute Gasteiger partial charge is 0.394 e. The summed E-state index contributed by atoms with van der Waals surface area (Å²) >= 11 is 0. The van der Waals surface area contributed by atoms with E-state index in [4.69, 9.17) is 0 Å². The minimum atomic E-state index is -3.93. The topological polar surface area (TPSA) is 129 Å². The number of aromatic amines is 1. The minimum absolute atomic E-state index is 0.0209. The van der Waals surface area contributed by atoms with Gasteiger partial charge in [0.15, 0.2) is 5.82 Å². The van der Waals surface area contributed by atoms with Crippen molar-refractivity contribution in [2.75, 3.05) is 13.2 Å². The third-order valence-electron chi connectivity index (χ3n) is 5.97. The number of pyridine rings is 1. The van der Waals surface area contributed by atoms with Crippen molar-refractivity contribution in [1.29, 1.82) is 0 Å². The van der Waals surface area contributed by atoms with Gasteiger partial charge in [0, 0.05) is 37.0 Å². The van der Waals surface area contributed by atoms with Crippen molar-refractivity contribution in [2.24, 2.45) is 0 Å². The van der Waals surface area contributed by atoms with Crippen molar-refractivity contribution in [1.82, 2.24) is 19.1 Å². The third-order valence-corrected chi connectivity index (χ3v) is 7.87. The number of nitrogens with zero attached hydrogens (tertiary/aromatic N) is 3. The molecule has 1 aliphatic carbocycles. The van der Waals surface area contributed by atoms with E-state index >= 15 is 0 Å². The van der Waals surface area contributed by atoms with Gasteiger partial charge in [-0.05, 0) is 30.5 Å². The molecule has 0 aliphatic heterocycles. The number of benzene rings is 1. The standard InChI is InChI=1S/C23H28N4O5S/c28-16-20(29)15-26(19-8-4-5-9-19)33(31,32)21-10-11-22(24-14-21)27-23(30)18(13-25-27)12-17-6-2-1-3-7-17/h1-3,6-7,10-11,13-14,19-20,25,28-29H,4-5,8-9,12,15-16H2/t20-/m1/s1. The van der Waals surface area contributed by atoms with E-state index in [9.17, 15) is 23.4 Å². The minimum Gasteiger partial charge on any atom is -0.394 e. The van der Waals surface area contributed by atoms with Crippen LogP contribution in [0, 0.1) is 0 Å². The van der Waals surface area contributed by atoms with E-state index in [-0.39, 0.29) is 28.9 Å². The SMILES string of the molecule is O=c1c(Cc2ccccc2)c[nH]n1-c1ccc(S(=O)(=O)N(C[C@@H](O)CO)C2CCCC2)cn1. The Bertz CT molecular complexity index is 1220. The zero-order valence-corrected chi connectivity index (χ0v) is 19.0. The quantitative estimate of drug-likeness (QED) is 0.432. The van der Waals surface area contributed by atoms with E-state index < -0.39 is 22.7 Å². The Morgan fingerprint density at radius 1 is 1.15 bits per heavy atom. The summed E-state index contributed by atoms with van der Waals surface area (Å²) in [6.07, 6.45) is 5.43. The maximum Gasteiger partial charge on any atom is 0.276 e. The van der Waals surface area contributed by atoms with Gasteiger partial charge in [0.05, 0.1) is 12.7 Å². The lowest BCUT2D eigenvalue weighted by atomic mass is 10.1. The first-order valence-corrected chi connectivity index (χ1v) is 12.4. The number of nitrogens with one attached hydrogen (secondary N) is 1. The Balaban J connectivity index is 1.58. The van der Waals surface area contributed by atoms with Crippen LogP contribution in [-0.4, -0.2) is 63.0 Å². The zero-order valence-electron chi connectivity index (χ0n) is 18.2. The summed E-state index contributed by atoms with van der Waals surface area (Å²) in [6.45, 7) is -0.693. The molecule has 1 aliphatic rings. The summed E-state index contributed by atoms with van der Waals surface area (Å²) in [6, 6.07) is 12.3. The lowest BCUT2D eigenvalue weighted by Gasteiger charge is -2.29. The van der Waals surface area contributed by atoms with Gasteiger partial charge in [0.2, 0.25) is 10.0 Å². The number of H-pyrrole nitrogens is 1. The van der Waals surface area contributed by atoms with Gasteiger partial charge in [-0.1, -0.05) is 43.2 Å². The number of hydrogen-bond donors (Lipinski definition) is 3. The van der Waals surface area contributed by atoms with Crippen LogP contribution in [-0.2, 0) is 16.4 Å². The van der Waals surface area contributed by atoms with E-state index in [0.29, 0.717) is 24.8 Å². The molecule has 1 fully saturated rings. The molecule has 9 nitrogen and oxygen atoms in total. The van der Waals surface area contributed by atoms with Crippen LogP contribution in [0.2, 0.25) is 0 Å². The molecule has 3 aromatic rings. The van der Waals surface area contributed by atoms with Gasteiger partial charge in [-0.3, -0.25) is 9.89 Å². The van der Waals surface area contributed by atoms with Gasteiger partial charge >= 0.3 is 0 Å². The second-order valence-electron chi connectivity index (χ2n) is 8.30. The Morgan fingerprint density at radius 2 is 1.88 bits per heavy atom. The molecule has 10 heteroatoms. The Labute approximate surface area is 192 Å². The average molecular weight is 473 g/mol. The van der Waals surface area contributed by atoms with Gasteiger partial charge in [-0.2, -0.15) is 4.31 Å². The normalized spacial score (nSPS) is 15.8. The fourth-order valence-electron chi connectivity index (χ4n) is 4.21.